The van der Waals surface area contributed by atoms with E-state index >= 15 is 0 Å². The number of aromatic nitrogens is 3. The summed E-state index contributed by atoms with van der Waals surface area (Å²) in [5.74, 6) is 0. The molecule has 0 aliphatic heterocycles. The van der Waals surface area contributed by atoms with Crippen LogP contribution in [0.3, 0.4) is 0 Å². The predicted octanol–water partition coefficient (Wildman–Crippen LogP) is 9.01. The molecule has 0 aliphatic carbocycles. The van der Waals surface area contributed by atoms with E-state index in [2.05, 4.69) is 126 Å². The Morgan fingerprint density at radius 2 is 1.16 bits per heavy atom. The van der Waals surface area contributed by atoms with Crippen LogP contribution in [0, 0.1) is 6.92 Å². The predicted molar refractivity (Wildman–Crippen MR) is 159 cm³/mol. The van der Waals surface area contributed by atoms with Crippen LogP contribution in [0.25, 0.3) is 71.2 Å². The second kappa shape index (κ2) is 7.99. The molecule has 38 heavy (non-hydrogen) atoms. The van der Waals surface area contributed by atoms with Crippen molar-refractivity contribution in [3.8, 4) is 16.8 Å². The first-order valence-electron chi connectivity index (χ1n) is 12.9. The zero-order valence-electron chi connectivity index (χ0n) is 20.9. The highest BCUT2D eigenvalue weighted by Crippen LogP contribution is 2.37. The molecule has 0 amide bonds. The molecule has 0 saturated heterocycles. The number of hydrogen-bond donors (Lipinski definition) is 0. The van der Waals surface area contributed by atoms with Gasteiger partial charge in [0.15, 0.2) is 0 Å². The maximum Gasteiger partial charge on any atom is 0.0971 e. The summed E-state index contributed by atoms with van der Waals surface area (Å²) >= 11 is 0. The monoisotopic (exact) mass is 485 g/mol. The fourth-order valence-corrected chi connectivity index (χ4v) is 6.00. The van der Waals surface area contributed by atoms with Crippen molar-refractivity contribution in [1.82, 2.24) is 14.5 Å². The summed E-state index contributed by atoms with van der Waals surface area (Å²) in [6.45, 7) is 2.16. The van der Waals surface area contributed by atoms with E-state index < -0.39 is 0 Å². The Morgan fingerprint density at radius 1 is 0.474 bits per heavy atom. The molecule has 0 atom stereocenters. The second-order valence-corrected chi connectivity index (χ2v) is 9.98. The summed E-state index contributed by atoms with van der Waals surface area (Å²) in [4.78, 5) is 9.38. The van der Waals surface area contributed by atoms with Crippen LogP contribution in [-0.2, 0) is 0 Å². The lowest BCUT2D eigenvalue weighted by atomic mass is 9.95. The molecule has 2 aromatic heterocycles. The molecule has 0 spiro atoms. The summed E-state index contributed by atoms with van der Waals surface area (Å²) in [5, 5.41) is 7.23. The fourth-order valence-electron chi connectivity index (χ4n) is 6.00. The second-order valence-electron chi connectivity index (χ2n) is 9.98. The maximum absolute atomic E-state index is 4.71. The van der Waals surface area contributed by atoms with Crippen LogP contribution in [0.1, 0.15) is 5.56 Å². The minimum absolute atomic E-state index is 0.946. The van der Waals surface area contributed by atoms with Crippen LogP contribution in [0.5, 0.6) is 0 Å². The summed E-state index contributed by atoms with van der Waals surface area (Å²) < 4.78 is 2.38. The quantitative estimate of drug-likeness (QED) is 0.229. The third kappa shape index (κ3) is 3.02. The van der Waals surface area contributed by atoms with Gasteiger partial charge in [-0.25, -0.2) is 0 Å². The van der Waals surface area contributed by atoms with Gasteiger partial charge in [-0.1, -0.05) is 78.4 Å². The highest BCUT2D eigenvalue weighted by atomic mass is 15.0. The highest BCUT2D eigenvalue weighted by Gasteiger charge is 2.14. The first-order valence-corrected chi connectivity index (χ1v) is 12.9. The molecule has 0 bridgehead atoms. The number of fused-ring (bicyclic) bond motifs is 9. The van der Waals surface area contributed by atoms with E-state index in [1.54, 1.807) is 12.4 Å². The van der Waals surface area contributed by atoms with Crippen molar-refractivity contribution in [2.24, 2.45) is 0 Å². The average Bonchev–Trinajstić information content (AvgIpc) is 3.31. The normalized spacial score (nSPS) is 11.8. The van der Waals surface area contributed by atoms with E-state index in [1.807, 2.05) is 0 Å². The minimum atomic E-state index is 0.946. The summed E-state index contributed by atoms with van der Waals surface area (Å²) in [5.41, 5.74) is 9.15. The molecule has 3 nitrogen and oxygen atoms in total. The molecule has 0 aliphatic rings. The van der Waals surface area contributed by atoms with Crippen LogP contribution in [0.4, 0.5) is 0 Å². The third-order valence-corrected chi connectivity index (χ3v) is 7.71. The number of rotatable bonds is 2. The molecular weight excluding hydrogens is 462 g/mol. The van der Waals surface area contributed by atoms with Crippen molar-refractivity contribution < 1.29 is 0 Å². The van der Waals surface area contributed by atoms with Gasteiger partial charge in [-0.15, -0.1) is 0 Å². The molecule has 0 saturated carbocycles. The summed E-state index contributed by atoms with van der Waals surface area (Å²) in [6, 6.07) is 39.5. The molecule has 0 N–H and O–H groups in total. The highest BCUT2D eigenvalue weighted by molar-refractivity contribution is 6.23. The van der Waals surface area contributed by atoms with Crippen LogP contribution < -0.4 is 0 Å². The number of hydrogen-bond acceptors (Lipinski definition) is 2. The Labute approximate surface area is 219 Å². The lowest BCUT2D eigenvalue weighted by molar-refractivity contribution is 1.18. The van der Waals surface area contributed by atoms with Crippen LogP contribution in [-0.4, -0.2) is 14.5 Å². The molecule has 8 aromatic rings. The van der Waals surface area contributed by atoms with Crippen molar-refractivity contribution in [3.63, 3.8) is 0 Å². The molecular formula is C35H23N3. The van der Waals surface area contributed by atoms with E-state index in [4.69, 9.17) is 4.98 Å². The molecule has 3 heteroatoms. The Balaban J connectivity index is 1.37. The SMILES string of the molecule is Cc1ccc2c(c1)c1ccccc1n2-c1cccc(-c2ccc3c(c2)c2ccccc2c2nccnc32)c1. The summed E-state index contributed by atoms with van der Waals surface area (Å²) in [6.07, 6.45) is 3.55. The van der Waals surface area contributed by atoms with Gasteiger partial charge in [-0.2, -0.15) is 0 Å². The number of nitrogens with zero attached hydrogens (tertiary/aromatic N) is 3. The Kier molecular flexibility index (Phi) is 4.44. The van der Waals surface area contributed by atoms with Crippen LogP contribution in [0.2, 0.25) is 0 Å². The topological polar surface area (TPSA) is 30.7 Å². The smallest absolute Gasteiger partial charge is 0.0971 e. The molecule has 0 unspecified atom stereocenters. The first kappa shape index (κ1) is 21.1. The molecule has 178 valence electrons. The van der Waals surface area contributed by atoms with Crippen molar-refractivity contribution in [2.75, 3.05) is 0 Å². The van der Waals surface area contributed by atoms with Gasteiger partial charge in [-0.05, 0) is 65.2 Å². The molecule has 0 fully saturated rings. The minimum Gasteiger partial charge on any atom is -0.309 e. The van der Waals surface area contributed by atoms with Crippen LogP contribution in [0.15, 0.2) is 122 Å². The third-order valence-electron chi connectivity index (χ3n) is 7.71. The van der Waals surface area contributed by atoms with E-state index in [-0.39, 0.29) is 0 Å². The van der Waals surface area contributed by atoms with Gasteiger partial charge in [0.1, 0.15) is 0 Å². The number of benzene rings is 6. The lowest BCUT2D eigenvalue weighted by Gasteiger charge is -2.12. The van der Waals surface area contributed by atoms with Gasteiger partial charge in [0, 0.05) is 39.6 Å². The van der Waals surface area contributed by atoms with Gasteiger partial charge in [0.05, 0.1) is 22.1 Å². The molecule has 0 radical (unpaired) electrons. The average molecular weight is 486 g/mol. The van der Waals surface area contributed by atoms with E-state index in [0.717, 1.165) is 27.5 Å². The van der Waals surface area contributed by atoms with Gasteiger partial charge >= 0.3 is 0 Å². The fraction of sp³-hybridized carbons (Fsp3) is 0.0286. The maximum atomic E-state index is 4.71. The molecule has 6 aromatic carbocycles. The number of aryl methyl sites for hydroxylation is 1. The molecule has 8 rings (SSSR count). The largest absolute Gasteiger partial charge is 0.309 e. The molecule has 2 heterocycles. The van der Waals surface area contributed by atoms with Gasteiger partial charge in [0.2, 0.25) is 0 Å². The van der Waals surface area contributed by atoms with Crippen molar-refractivity contribution in [3.05, 3.63) is 127 Å². The zero-order valence-corrected chi connectivity index (χ0v) is 20.9. The van der Waals surface area contributed by atoms with E-state index in [0.29, 0.717) is 0 Å². The first-order chi connectivity index (χ1) is 18.8. The Morgan fingerprint density at radius 3 is 2.00 bits per heavy atom. The van der Waals surface area contributed by atoms with Crippen LogP contribution >= 0.6 is 0 Å². The van der Waals surface area contributed by atoms with E-state index in [9.17, 15) is 0 Å². The standard InChI is InChI=1S/C35H23N3/c1-22-13-16-33-31(19-22)27-10-4-5-12-32(27)38(33)25-8-6-7-23(20-25)24-14-15-29-30(21-24)26-9-2-3-11-28(26)34-35(29)37-18-17-36-34/h2-21H,1H3. The van der Waals surface area contributed by atoms with Gasteiger partial charge in [-0.3, -0.25) is 9.97 Å². The van der Waals surface area contributed by atoms with Crippen molar-refractivity contribution in [2.45, 2.75) is 6.92 Å². The van der Waals surface area contributed by atoms with Crippen molar-refractivity contribution in [1.29, 1.82) is 0 Å². The van der Waals surface area contributed by atoms with Gasteiger partial charge in [0.25, 0.3) is 0 Å². The Bertz CT molecular complexity index is 2170. The Hall–Kier alpha value is -5.02. The number of para-hydroxylation sites is 1. The van der Waals surface area contributed by atoms with Crippen molar-refractivity contribution >= 4 is 54.4 Å². The van der Waals surface area contributed by atoms with Gasteiger partial charge < -0.3 is 4.57 Å². The lowest BCUT2D eigenvalue weighted by Crippen LogP contribution is -1.94. The zero-order chi connectivity index (χ0) is 25.2. The summed E-state index contributed by atoms with van der Waals surface area (Å²) in [7, 11) is 0. The van der Waals surface area contributed by atoms with E-state index in [1.165, 1.54) is 49.3 Å².